The number of aromatic nitrogens is 4. The highest BCUT2D eigenvalue weighted by Crippen LogP contribution is 2.14. The van der Waals surface area contributed by atoms with Gasteiger partial charge in [0.05, 0.1) is 19.0 Å². The van der Waals surface area contributed by atoms with Crippen LogP contribution in [0.3, 0.4) is 0 Å². The maximum atomic E-state index is 8.63. The molecule has 7 nitrogen and oxygen atoms in total. The summed E-state index contributed by atoms with van der Waals surface area (Å²) in [4.78, 5) is 12.1. The van der Waals surface area contributed by atoms with Gasteiger partial charge >= 0.3 is 0 Å². The fourth-order valence-electron chi connectivity index (χ4n) is 1.49. The number of ether oxygens (including phenoxy) is 1. The Morgan fingerprint density at radius 2 is 2.31 bits per heavy atom. The Balaban J connectivity index is 2.28. The summed E-state index contributed by atoms with van der Waals surface area (Å²) in [5.41, 5.74) is 6.91. The van der Waals surface area contributed by atoms with Crippen LogP contribution in [0.5, 0.6) is 0 Å². The molecule has 2 rings (SSSR count). The first-order chi connectivity index (χ1) is 7.72. The smallest absolute Gasteiger partial charge is 0.165 e. The molecule has 0 aliphatic carbocycles. The van der Waals surface area contributed by atoms with Gasteiger partial charge in [0.25, 0.3) is 0 Å². The molecule has 0 bridgehead atoms. The van der Waals surface area contributed by atoms with Crippen LogP contribution in [0.25, 0.3) is 11.2 Å². The fourth-order valence-corrected chi connectivity index (χ4v) is 1.49. The number of anilines is 1. The van der Waals surface area contributed by atoms with Crippen molar-refractivity contribution in [2.24, 2.45) is 0 Å². The van der Waals surface area contributed by atoms with Crippen molar-refractivity contribution in [1.82, 2.24) is 19.5 Å². The average Bonchev–Trinajstić information content (AvgIpc) is 2.64. The fraction of sp³-hybridized carbons (Fsp3) is 0.444. The number of nitrogens with two attached hydrogens (primary N) is 1. The molecule has 1 atom stereocenters. The van der Waals surface area contributed by atoms with Crippen molar-refractivity contribution in [2.75, 3.05) is 12.5 Å². The second-order valence-corrected chi connectivity index (χ2v) is 3.43. The van der Waals surface area contributed by atoms with E-state index in [4.69, 9.17) is 15.6 Å². The van der Waals surface area contributed by atoms with Crippen molar-refractivity contribution < 1.29 is 9.84 Å². The second kappa shape index (κ2) is 4.42. The molecule has 0 saturated heterocycles. The van der Waals surface area contributed by atoms with Crippen LogP contribution in [0.2, 0.25) is 0 Å². The normalized spacial score (nSPS) is 13.1. The molecule has 0 aromatic carbocycles. The molecule has 2 heterocycles. The lowest BCUT2D eigenvalue weighted by atomic mass is 10.4. The predicted molar refractivity (Wildman–Crippen MR) is 57.4 cm³/mol. The number of hydrogen-bond donors (Lipinski definition) is 2. The molecule has 0 aliphatic heterocycles. The minimum atomic E-state index is -0.301. The van der Waals surface area contributed by atoms with Crippen LogP contribution >= 0.6 is 0 Å². The van der Waals surface area contributed by atoms with E-state index in [1.54, 1.807) is 6.33 Å². The molecule has 0 aliphatic rings. The summed E-state index contributed by atoms with van der Waals surface area (Å²) in [6, 6.07) is 0. The lowest BCUT2D eigenvalue weighted by molar-refractivity contribution is -0.0476. The summed E-state index contributed by atoms with van der Waals surface area (Å²) in [6.45, 7) is 2.10. The maximum Gasteiger partial charge on any atom is 0.165 e. The van der Waals surface area contributed by atoms with Crippen molar-refractivity contribution in [3.8, 4) is 0 Å². The standard InChI is InChI=1S/C9H13N5O2/c1-6(16-5-15)2-14-4-13-7-8(10)11-3-12-9(7)14/h3-4,6,15H,2,5H2,1H3,(H2,10,11,12)/t6-/m1/s1. The second-order valence-electron chi connectivity index (χ2n) is 3.43. The Bertz CT molecular complexity index is 484. The first-order valence-corrected chi connectivity index (χ1v) is 4.86. The number of rotatable bonds is 4. The van der Waals surface area contributed by atoms with Gasteiger partial charge in [-0.3, -0.25) is 0 Å². The third kappa shape index (κ3) is 1.95. The van der Waals surface area contributed by atoms with E-state index >= 15 is 0 Å². The highest BCUT2D eigenvalue weighted by molar-refractivity contribution is 5.81. The van der Waals surface area contributed by atoms with Crippen LogP contribution in [0.15, 0.2) is 12.7 Å². The summed E-state index contributed by atoms with van der Waals surface area (Å²) in [7, 11) is 0. The van der Waals surface area contributed by atoms with Gasteiger partial charge in [0.2, 0.25) is 0 Å². The number of aliphatic hydroxyl groups excluding tert-OH is 1. The average molecular weight is 223 g/mol. The van der Waals surface area contributed by atoms with E-state index in [0.29, 0.717) is 23.5 Å². The first-order valence-electron chi connectivity index (χ1n) is 4.86. The van der Waals surface area contributed by atoms with E-state index in [-0.39, 0.29) is 12.9 Å². The van der Waals surface area contributed by atoms with Crippen LogP contribution in [-0.4, -0.2) is 37.5 Å². The number of imidazole rings is 1. The van der Waals surface area contributed by atoms with Crippen LogP contribution in [0.1, 0.15) is 6.92 Å². The topological polar surface area (TPSA) is 99.1 Å². The molecular formula is C9H13N5O2. The van der Waals surface area contributed by atoms with E-state index in [0.717, 1.165) is 0 Å². The van der Waals surface area contributed by atoms with Gasteiger partial charge in [-0.05, 0) is 6.92 Å². The molecule has 2 aromatic rings. The summed E-state index contributed by atoms with van der Waals surface area (Å²) >= 11 is 0. The van der Waals surface area contributed by atoms with Gasteiger partial charge in [-0.2, -0.15) is 0 Å². The van der Waals surface area contributed by atoms with Gasteiger partial charge in [0, 0.05) is 0 Å². The third-order valence-corrected chi connectivity index (χ3v) is 2.24. The van der Waals surface area contributed by atoms with E-state index < -0.39 is 0 Å². The van der Waals surface area contributed by atoms with Crippen LogP contribution in [0, 0.1) is 0 Å². The van der Waals surface area contributed by atoms with Crippen LogP contribution in [-0.2, 0) is 11.3 Å². The summed E-state index contributed by atoms with van der Waals surface area (Å²) < 4.78 is 6.84. The van der Waals surface area contributed by atoms with E-state index in [9.17, 15) is 0 Å². The van der Waals surface area contributed by atoms with Crippen molar-refractivity contribution in [3.05, 3.63) is 12.7 Å². The monoisotopic (exact) mass is 223 g/mol. The van der Waals surface area contributed by atoms with E-state index in [1.807, 2.05) is 11.5 Å². The molecular weight excluding hydrogens is 210 g/mol. The van der Waals surface area contributed by atoms with E-state index in [2.05, 4.69) is 15.0 Å². The minimum Gasteiger partial charge on any atom is -0.382 e. The number of nitrogen functional groups attached to an aromatic ring is 1. The molecule has 86 valence electrons. The minimum absolute atomic E-state index is 0.126. The summed E-state index contributed by atoms with van der Waals surface area (Å²) in [5.74, 6) is 0.361. The zero-order valence-electron chi connectivity index (χ0n) is 8.87. The summed E-state index contributed by atoms with van der Waals surface area (Å²) in [6.07, 6.45) is 2.90. The molecule has 3 N–H and O–H groups in total. The van der Waals surface area contributed by atoms with E-state index in [1.165, 1.54) is 6.33 Å². The largest absolute Gasteiger partial charge is 0.382 e. The highest BCUT2D eigenvalue weighted by atomic mass is 16.6. The van der Waals surface area contributed by atoms with Gasteiger partial charge in [-0.15, -0.1) is 0 Å². The highest BCUT2D eigenvalue weighted by Gasteiger charge is 2.10. The SMILES string of the molecule is C[C@H](Cn1cnc2c(N)ncnc21)OCO. The molecule has 7 heteroatoms. The number of hydrogen-bond acceptors (Lipinski definition) is 6. The Morgan fingerprint density at radius 3 is 3.06 bits per heavy atom. The zero-order chi connectivity index (χ0) is 11.5. The van der Waals surface area contributed by atoms with Crippen molar-refractivity contribution in [1.29, 1.82) is 0 Å². The first kappa shape index (κ1) is 10.8. The van der Waals surface area contributed by atoms with Crippen molar-refractivity contribution in [2.45, 2.75) is 19.6 Å². The van der Waals surface area contributed by atoms with Crippen LogP contribution in [0.4, 0.5) is 5.82 Å². The Morgan fingerprint density at radius 1 is 1.50 bits per heavy atom. The van der Waals surface area contributed by atoms with Gasteiger partial charge in [0.15, 0.2) is 11.5 Å². The molecule has 0 unspecified atom stereocenters. The lowest BCUT2D eigenvalue weighted by Crippen LogP contribution is -2.16. The Labute approximate surface area is 91.9 Å². The lowest BCUT2D eigenvalue weighted by Gasteiger charge is -2.11. The Kier molecular flexibility index (Phi) is 2.97. The molecule has 0 radical (unpaired) electrons. The molecule has 0 amide bonds. The molecule has 0 fully saturated rings. The number of aliphatic hydroxyl groups is 1. The summed E-state index contributed by atoms with van der Waals surface area (Å²) in [5, 5.41) is 8.63. The van der Waals surface area contributed by atoms with Gasteiger partial charge in [-0.1, -0.05) is 0 Å². The molecule has 2 aromatic heterocycles. The zero-order valence-corrected chi connectivity index (χ0v) is 8.87. The van der Waals surface area contributed by atoms with Gasteiger partial charge in [0.1, 0.15) is 18.6 Å². The predicted octanol–water partition coefficient (Wildman–Crippen LogP) is -0.237. The molecule has 0 spiro atoms. The molecule has 0 saturated carbocycles. The number of nitrogens with zero attached hydrogens (tertiary/aromatic N) is 4. The van der Waals surface area contributed by atoms with Gasteiger partial charge in [-0.25, -0.2) is 15.0 Å². The van der Waals surface area contributed by atoms with Crippen molar-refractivity contribution >= 4 is 17.0 Å². The van der Waals surface area contributed by atoms with Crippen molar-refractivity contribution in [3.63, 3.8) is 0 Å². The Hall–Kier alpha value is -1.73. The maximum absolute atomic E-state index is 8.63. The number of fused-ring (bicyclic) bond motifs is 1. The third-order valence-electron chi connectivity index (χ3n) is 2.24. The van der Waals surface area contributed by atoms with Crippen LogP contribution < -0.4 is 5.73 Å². The molecule has 16 heavy (non-hydrogen) atoms. The quantitative estimate of drug-likeness (QED) is 0.694. The van der Waals surface area contributed by atoms with Gasteiger partial charge < -0.3 is 20.1 Å².